The number of ketones is 1. The first-order valence-electron chi connectivity index (χ1n) is 9.50. The summed E-state index contributed by atoms with van der Waals surface area (Å²) in [6.45, 7) is -0.590. The minimum absolute atomic E-state index is 0.0296. The maximum Gasteiger partial charge on any atom is 0.416 e. The average Bonchev–Trinajstić information content (AvgIpc) is 3.18. The number of halogens is 3. The molecule has 1 aliphatic rings. The molecule has 0 aliphatic heterocycles. The molecule has 0 heterocycles. The van der Waals surface area contributed by atoms with Crippen LogP contribution in [0.5, 0.6) is 0 Å². The Kier molecular flexibility index (Phi) is 6.54. The Morgan fingerprint density at radius 1 is 0.933 bits per heavy atom. The summed E-state index contributed by atoms with van der Waals surface area (Å²) in [5.41, 5.74) is 2.30. The molecule has 0 unspecified atom stereocenters. The number of alkyl halides is 3. The van der Waals surface area contributed by atoms with Crippen molar-refractivity contribution in [3.05, 3.63) is 64.7 Å². The van der Waals surface area contributed by atoms with Gasteiger partial charge >= 0.3 is 12.1 Å². The number of rotatable bonds is 7. The Morgan fingerprint density at radius 2 is 1.63 bits per heavy atom. The van der Waals surface area contributed by atoms with Gasteiger partial charge < -0.3 is 10.1 Å². The number of esters is 1. The van der Waals surface area contributed by atoms with Gasteiger partial charge in [0.15, 0.2) is 12.4 Å². The first kappa shape index (κ1) is 21.5. The van der Waals surface area contributed by atoms with Gasteiger partial charge in [0, 0.05) is 17.7 Å². The van der Waals surface area contributed by atoms with Crippen molar-refractivity contribution >= 4 is 23.3 Å². The van der Waals surface area contributed by atoms with Crippen LogP contribution < -0.4 is 5.32 Å². The van der Waals surface area contributed by atoms with Gasteiger partial charge in [0.25, 0.3) is 5.91 Å². The molecule has 0 radical (unpaired) electrons. The summed E-state index contributed by atoms with van der Waals surface area (Å²) in [6.07, 6.45) is -1.61. The summed E-state index contributed by atoms with van der Waals surface area (Å²) in [7, 11) is 0. The SMILES string of the molecule is O=C(COC(=O)CCC(=O)c1ccc2c(c1)CCC2)Nc1ccc(C(F)(F)F)cc1. The monoisotopic (exact) mass is 419 g/mol. The second kappa shape index (κ2) is 9.11. The molecule has 0 saturated heterocycles. The van der Waals surface area contributed by atoms with E-state index in [0.29, 0.717) is 5.56 Å². The zero-order valence-electron chi connectivity index (χ0n) is 16.1. The van der Waals surface area contributed by atoms with Crippen LogP contribution in [0.25, 0.3) is 0 Å². The molecular weight excluding hydrogens is 399 g/mol. The molecule has 2 aromatic rings. The molecule has 1 aliphatic carbocycles. The molecule has 0 bridgehead atoms. The number of aryl methyl sites for hydroxylation is 2. The van der Waals surface area contributed by atoms with Crippen molar-refractivity contribution in [2.75, 3.05) is 11.9 Å². The summed E-state index contributed by atoms with van der Waals surface area (Å²) in [5, 5.41) is 2.34. The van der Waals surface area contributed by atoms with Gasteiger partial charge in [-0.05, 0) is 60.7 Å². The normalized spacial score (nSPS) is 12.9. The quantitative estimate of drug-likeness (QED) is 0.535. The highest BCUT2D eigenvalue weighted by atomic mass is 19.4. The van der Waals surface area contributed by atoms with Crippen molar-refractivity contribution in [2.45, 2.75) is 38.3 Å². The third-order valence-electron chi connectivity index (χ3n) is 4.84. The maximum atomic E-state index is 12.5. The number of hydrogen-bond donors (Lipinski definition) is 1. The number of ether oxygens (including phenoxy) is 1. The van der Waals surface area contributed by atoms with Crippen LogP contribution in [0.4, 0.5) is 18.9 Å². The smallest absolute Gasteiger partial charge is 0.416 e. The van der Waals surface area contributed by atoms with Crippen molar-refractivity contribution < 1.29 is 32.3 Å². The molecule has 0 aromatic heterocycles. The topological polar surface area (TPSA) is 72.5 Å². The third-order valence-corrected chi connectivity index (χ3v) is 4.84. The molecule has 0 saturated carbocycles. The Hall–Kier alpha value is -3.16. The van der Waals surface area contributed by atoms with Gasteiger partial charge in [0.2, 0.25) is 0 Å². The van der Waals surface area contributed by atoms with Gasteiger partial charge in [-0.1, -0.05) is 12.1 Å². The molecule has 0 fully saturated rings. The lowest BCUT2D eigenvalue weighted by Gasteiger charge is -2.09. The van der Waals surface area contributed by atoms with Crippen LogP contribution in [0, 0.1) is 0 Å². The highest BCUT2D eigenvalue weighted by Gasteiger charge is 2.30. The predicted octanol–water partition coefficient (Wildman–Crippen LogP) is 4.34. The summed E-state index contributed by atoms with van der Waals surface area (Å²) in [4.78, 5) is 35.8. The zero-order valence-corrected chi connectivity index (χ0v) is 16.1. The molecule has 1 N–H and O–H groups in total. The average molecular weight is 419 g/mol. The van der Waals surface area contributed by atoms with Crippen LogP contribution in [0.2, 0.25) is 0 Å². The standard InChI is InChI=1S/C22H20F3NO4/c23-22(24,25)17-6-8-18(9-7-17)26-20(28)13-30-21(29)11-10-19(27)16-5-4-14-2-1-3-15(14)12-16/h4-9,12H,1-3,10-11,13H2,(H,26,28). The van der Waals surface area contributed by atoms with E-state index in [1.54, 1.807) is 6.07 Å². The van der Waals surface area contributed by atoms with E-state index in [0.717, 1.165) is 43.5 Å². The highest BCUT2D eigenvalue weighted by Crippen LogP contribution is 2.29. The lowest BCUT2D eigenvalue weighted by molar-refractivity contribution is -0.147. The van der Waals surface area contributed by atoms with Crippen LogP contribution in [0.15, 0.2) is 42.5 Å². The molecule has 158 valence electrons. The van der Waals surface area contributed by atoms with Crippen LogP contribution >= 0.6 is 0 Å². The molecule has 8 heteroatoms. The molecule has 3 rings (SSSR count). The maximum absolute atomic E-state index is 12.5. The number of Topliss-reactive ketones (excluding diaryl/α,β-unsaturated/α-hetero) is 1. The Balaban J connectivity index is 1.41. The van der Waals surface area contributed by atoms with Crippen LogP contribution in [0.1, 0.15) is 46.3 Å². The minimum Gasteiger partial charge on any atom is -0.456 e. The number of hydrogen-bond acceptors (Lipinski definition) is 4. The summed E-state index contributed by atoms with van der Waals surface area (Å²) < 4.78 is 42.4. The van der Waals surface area contributed by atoms with Crippen LogP contribution in [-0.4, -0.2) is 24.3 Å². The summed E-state index contributed by atoms with van der Waals surface area (Å²) in [5.74, 6) is -1.56. The second-order valence-corrected chi connectivity index (χ2v) is 7.04. The second-order valence-electron chi connectivity index (χ2n) is 7.04. The fourth-order valence-electron chi connectivity index (χ4n) is 3.26. The van der Waals surface area contributed by atoms with E-state index in [-0.39, 0.29) is 24.3 Å². The number of carbonyl (C=O) groups excluding carboxylic acids is 3. The Labute approximate surface area is 171 Å². The first-order valence-corrected chi connectivity index (χ1v) is 9.50. The van der Waals surface area contributed by atoms with Gasteiger partial charge in [-0.3, -0.25) is 14.4 Å². The van der Waals surface area contributed by atoms with E-state index in [2.05, 4.69) is 5.32 Å². The molecule has 30 heavy (non-hydrogen) atoms. The van der Waals surface area contributed by atoms with E-state index in [1.807, 2.05) is 12.1 Å². The van der Waals surface area contributed by atoms with Crippen molar-refractivity contribution in [3.8, 4) is 0 Å². The van der Waals surface area contributed by atoms with E-state index in [9.17, 15) is 27.6 Å². The fraction of sp³-hybridized carbons (Fsp3) is 0.318. The number of benzene rings is 2. The number of anilines is 1. The van der Waals surface area contributed by atoms with Crippen molar-refractivity contribution in [2.24, 2.45) is 0 Å². The van der Waals surface area contributed by atoms with Gasteiger partial charge in [-0.25, -0.2) is 0 Å². The van der Waals surface area contributed by atoms with E-state index >= 15 is 0 Å². The van der Waals surface area contributed by atoms with E-state index in [1.165, 1.54) is 11.1 Å². The highest BCUT2D eigenvalue weighted by molar-refractivity contribution is 5.98. The third kappa shape index (κ3) is 5.68. The van der Waals surface area contributed by atoms with Crippen LogP contribution in [0.3, 0.4) is 0 Å². The van der Waals surface area contributed by atoms with Crippen molar-refractivity contribution in [3.63, 3.8) is 0 Å². The number of carbonyl (C=O) groups is 3. The summed E-state index contributed by atoms with van der Waals surface area (Å²) >= 11 is 0. The molecule has 0 spiro atoms. The van der Waals surface area contributed by atoms with Crippen LogP contribution in [-0.2, 0) is 33.3 Å². The van der Waals surface area contributed by atoms with Crippen molar-refractivity contribution in [1.82, 2.24) is 0 Å². The van der Waals surface area contributed by atoms with Gasteiger partial charge in [0.1, 0.15) is 0 Å². The first-order chi connectivity index (χ1) is 14.2. The zero-order chi connectivity index (χ0) is 21.7. The number of amides is 1. The van der Waals surface area contributed by atoms with Gasteiger partial charge in [-0.2, -0.15) is 13.2 Å². The lowest BCUT2D eigenvalue weighted by atomic mass is 10.0. The summed E-state index contributed by atoms with van der Waals surface area (Å²) in [6, 6.07) is 9.47. The number of fused-ring (bicyclic) bond motifs is 1. The molecule has 5 nitrogen and oxygen atoms in total. The van der Waals surface area contributed by atoms with E-state index in [4.69, 9.17) is 4.74 Å². The predicted molar refractivity (Wildman–Crippen MR) is 103 cm³/mol. The molecular formula is C22H20F3NO4. The largest absolute Gasteiger partial charge is 0.456 e. The van der Waals surface area contributed by atoms with Gasteiger partial charge in [-0.15, -0.1) is 0 Å². The number of nitrogens with one attached hydrogen (secondary N) is 1. The lowest BCUT2D eigenvalue weighted by Crippen LogP contribution is -2.21. The van der Waals surface area contributed by atoms with E-state index < -0.39 is 30.2 Å². The Bertz CT molecular complexity index is 952. The van der Waals surface area contributed by atoms with Gasteiger partial charge in [0.05, 0.1) is 12.0 Å². The van der Waals surface area contributed by atoms with Crippen molar-refractivity contribution in [1.29, 1.82) is 0 Å². The molecule has 0 atom stereocenters. The minimum atomic E-state index is -4.46. The molecule has 2 aromatic carbocycles. The fourth-order valence-corrected chi connectivity index (χ4v) is 3.26. The Morgan fingerprint density at radius 3 is 2.33 bits per heavy atom. The molecule has 1 amide bonds.